The second-order valence-electron chi connectivity index (χ2n) is 7.91. The van der Waals surface area contributed by atoms with E-state index in [2.05, 4.69) is 13.8 Å². The Hall–Kier alpha value is -1.32. The van der Waals surface area contributed by atoms with Gasteiger partial charge in [0, 0.05) is 0 Å². The summed E-state index contributed by atoms with van der Waals surface area (Å²) in [6.07, 6.45) is 3.48. The Kier molecular flexibility index (Phi) is 3.51. The number of rotatable bonds is 2. The molecule has 0 aromatic carbocycles. The van der Waals surface area contributed by atoms with Gasteiger partial charge in [-0.25, -0.2) is 4.79 Å². The number of carboxylic acid groups (broad SMARTS) is 2. The van der Waals surface area contributed by atoms with Gasteiger partial charge in [-0.15, -0.1) is 0 Å². The highest BCUT2D eigenvalue weighted by molar-refractivity contribution is 5.98. The maximum absolute atomic E-state index is 12.1. The highest BCUT2D eigenvalue weighted by Crippen LogP contribution is 2.65. The van der Waals surface area contributed by atoms with Crippen molar-refractivity contribution in [2.75, 3.05) is 0 Å². The smallest absolute Gasteiger partial charge is 0.332 e. The number of carboxylic acids is 2. The third-order valence-corrected chi connectivity index (χ3v) is 6.45. The minimum Gasteiger partial charge on any atom is -0.481 e. The van der Waals surface area contributed by atoms with Gasteiger partial charge in [0.15, 0.2) is 0 Å². The Balaban J connectivity index is 2.74. The quantitative estimate of drug-likeness (QED) is 0.814. The second kappa shape index (κ2) is 4.59. The fourth-order valence-electron chi connectivity index (χ4n) is 5.09. The van der Waals surface area contributed by atoms with Gasteiger partial charge < -0.3 is 10.2 Å². The first kappa shape index (κ1) is 16.1. The predicted octanol–water partition coefficient (Wildman–Crippen LogP) is 3.71. The summed E-state index contributed by atoms with van der Waals surface area (Å²) in [7, 11) is 0. The van der Waals surface area contributed by atoms with E-state index in [1.807, 2.05) is 6.92 Å². The van der Waals surface area contributed by atoms with Gasteiger partial charge in [0.25, 0.3) is 0 Å². The molecule has 0 spiro atoms. The van der Waals surface area contributed by atoms with Crippen molar-refractivity contribution in [3.63, 3.8) is 0 Å². The van der Waals surface area contributed by atoms with Gasteiger partial charge in [-0.2, -0.15) is 0 Å². The fraction of sp³-hybridized carbons (Fsp3) is 0.765. The zero-order valence-corrected chi connectivity index (χ0v) is 13.6. The van der Waals surface area contributed by atoms with Crippen LogP contribution >= 0.6 is 0 Å². The molecule has 2 N–H and O–H groups in total. The molecular weight excluding hydrogens is 268 g/mol. The summed E-state index contributed by atoms with van der Waals surface area (Å²) in [5.74, 6) is -1.90. The molecule has 3 unspecified atom stereocenters. The lowest BCUT2D eigenvalue weighted by molar-refractivity contribution is -0.169. The molecular formula is C17H26O4. The fourth-order valence-corrected chi connectivity index (χ4v) is 5.09. The van der Waals surface area contributed by atoms with Crippen molar-refractivity contribution in [1.82, 2.24) is 0 Å². The van der Waals surface area contributed by atoms with E-state index in [1.165, 1.54) is 0 Å². The van der Waals surface area contributed by atoms with Gasteiger partial charge in [-0.1, -0.05) is 32.8 Å². The summed E-state index contributed by atoms with van der Waals surface area (Å²) in [5.41, 5.74) is -0.983. The van der Waals surface area contributed by atoms with Crippen LogP contribution in [0.4, 0.5) is 0 Å². The Labute approximate surface area is 126 Å². The topological polar surface area (TPSA) is 74.6 Å². The van der Waals surface area contributed by atoms with Gasteiger partial charge in [0.2, 0.25) is 0 Å². The number of aliphatic carboxylic acids is 2. The van der Waals surface area contributed by atoms with E-state index >= 15 is 0 Å². The van der Waals surface area contributed by atoms with E-state index in [9.17, 15) is 19.8 Å². The molecule has 2 aliphatic rings. The monoisotopic (exact) mass is 294 g/mol. The average Bonchev–Trinajstić information content (AvgIpc) is 2.31. The molecule has 0 heterocycles. The maximum Gasteiger partial charge on any atom is 0.332 e. The zero-order chi connectivity index (χ0) is 16.2. The van der Waals surface area contributed by atoms with Gasteiger partial charge in [-0.3, -0.25) is 4.79 Å². The SMILES string of the molecule is CC1=C(C(=O)O)C(C)(C(=O)O)C2(C)CCCC(C)(C)C2C1. The van der Waals surface area contributed by atoms with Crippen molar-refractivity contribution in [2.24, 2.45) is 22.2 Å². The molecule has 4 heteroatoms. The predicted molar refractivity (Wildman–Crippen MR) is 79.9 cm³/mol. The summed E-state index contributed by atoms with van der Waals surface area (Å²) in [6.45, 7) is 9.78. The lowest BCUT2D eigenvalue weighted by Gasteiger charge is -2.60. The number of fused-ring (bicyclic) bond motifs is 1. The number of hydrogen-bond acceptors (Lipinski definition) is 2. The van der Waals surface area contributed by atoms with E-state index in [4.69, 9.17) is 0 Å². The van der Waals surface area contributed by atoms with Crippen LogP contribution in [0.25, 0.3) is 0 Å². The van der Waals surface area contributed by atoms with E-state index in [1.54, 1.807) is 13.8 Å². The number of allylic oxidation sites excluding steroid dienone is 1. The first-order valence-corrected chi connectivity index (χ1v) is 7.65. The van der Waals surface area contributed by atoms with Crippen molar-refractivity contribution in [3.8, 4) is 0 Å². The Bertz CT molecular complexity index is 531. The van der Waals surface area contributed by atoms with Crippen molar-refractivity contribution in [3.05, 3.63) is 11.1 Å². The summed E-state index contributed by atoms with van der Waals surface area (Å²) in [5, 5.41) is 19.5. The van der Waals surface area contributed by atoms with Crippen LogP contribution in [-0.2, 0) is 9.59 Å². The largest absolute Gasteiger partial charge is 0.481 e. The van der Waals surface area contributed by atoms with E-state index < -0.39 is 22.8 Å². The van der Waals surface area contributed by atoms with Crippen LogP contribution in [-0.4, -0.2) is 22.2 Å². The van der Waals surface area contributed by atoms with Crippen LogP contribution in [0.3, 0.4) is 0 Å². The molecule has 0 aromatic rings. The molecule has 2 rings (SSSR count). The lowest BCUT2D eigenvalue weighted by atomic mass is 9.42. The third-order valence-electron chi connectivity index (χ3n) is 6.45. The maximum atomic E-state index is 12.1. The van der Waals surface area contributed by atoms with E-state index in [-0.39, 0.29) is 16.9 Å². The molecule has 1 saturated carbocycles. The summed E-state index contributed by atoms with van der Waals surface area (Å²) in [6, 6.07) is 0. The molecule has 118 valence electrons. The molecule has 2 aliphatic carbocycles. The van der Waals surface area contributed by atoms with Crippen molar-refractivity contribution >= 4 is 11.9 Å². The lowest BCUT2D eigenvalue weighted by Crippen LogP contribution is -2.58. The normalized spacial score (nSPS) is 38.8. The molecule has 0 saturated heterocycles. The van der Waals surface area contributed by atoms with Crippen molar-refractivity contribution in [2.45, 2.75) is 60.3 Å². The van der Waals surface area contributed by atoms with Crippen LogP contribution in [0.5, 0.6) is 0 Å². The summed E-state index contributed by atoms with van der Waals surface area (Å²) in [4.78, 5) is 23.9. The molecule has 1 fully saturated rings. The van der Waals surface area contributed by atoms with Gasteiger partial charge in [0.1, 0.15) is 5.41 Å². The summed E-state index contributed by atoms with van der Waals surface area (Å²) >= 11 is 0. The zero-order valence-electron chi connectivity index (χ0n) is 13.6. The Morgan fingerprint density at radius 2 is 1.67 bits per heavy atom. The third kappa shape index (κ3) is 1.95. The molecule has 0 aromatic heterocycles. The molecule has 4 nitrogen and oxygen atoms in total. The van der Waals surface area contributed by atoms with Crippen LogP contribution in [0.2, 0.25) is 0 Å². The molecule has 21 heavy (non-hydrogen) atoms. The van der Waals surface area contributed by atoms with Gasteiger partial charge in [-0.05, 0) is 49.9 Å². The van der Waals surface area contributed by atoms with Crippen molar-refractivity contribution in [1.29, 1.82) is 0 Å². The Morgan fingerprint density at radius 3 is 2.14 bits per heavy atom. The first-order valence-electron chi connectivity index (χ1n) is 7.65. The standard InChI is InChI=1S/C17H26O4/c1-10-9-11-15(2,3)7-6-8-16(11,4)17(5,14(20)21)12(10)13(18)19/h11H,6-9H2,1-5H3,(H,18,19)(H,20,21). The van der Waals surface area contributed by atoms with Crippen LogP contribution in [0.15, 0.2) is 11.1 Å². The van der Waals surface area contributed by atoms with E-state index in [0.717, 1.165) is 24.8 Å². The van der Waals surface area contributed by atoms with Gasteiger partial charge in [0.05, 0.1) is 5.57 Å². The minimum absolute atomic E-state index is 0.0367. The van der Waals surface area contributed by atoms with Crippen molar-refractivity contribution < 1.29 is 19.8 Å². The number of hydrogen-bond donors (Lipinski definition) is 2. The highest BCUT2D eigenvalue weighted by Gasteiger charge is 2.64. The van der Waals surface area contributed by atoms with Crippen LogP contribution < -0.4 is 0 Å². The minimum atomic E-state index is -1.33. The molecule has 0 bridgehead atoms. The number of carbonyl (C=O) groups is 2. The molecule has 0 aliphatic heterocycles. The molecule has 3 atom stereocenters. The molecule has 0 amide bonds. The second-order valence-corrected chi connectivity index (χ2v) is 7.91. The van der Waals surface area contributed by atoms with Crippen LogP contribution in [0, 0.1) is 22.2 Å². The van der Waals surface area contributed by atoms with Gasteiger partial charge >= 0.3 is 11.9 Å². The summed E-state index contributed by atoms with van der Waals surface area (Å²) < 4.78 is 0. The average molecular weight is 294 g/mol. The molecule has 0 radical (unpaired) electrons. The van der Waals surface area contributed by atoms with E-state index in [0.29, 0.717) is 6.42 Å². The first-order chi connectivity index (χ1) is 9.48. The Morgan fingerprint density at radius 1 is 1.10 bits per heavy atom. The highest BCUT2D eigenvalue weighted by atomic mass is 16.4. The van der Waals surface area contributed by atoms with Crippen LogP contribution in [0.1, 0.15) is 60.3 Å².